The van der Waals surface area contributed by atoms with E-state index in [0.717, 1.165) is 31.5 Å². The molecule has 0 radical (unpaired) electrons. The fraction of sp³-hybridized carbons (Fsp3) is 0.409. The predicted octanol–water partition coefficient (Wildman–Crippen LogP) is 3.54. The zero-order chi connectivity index (χ0) is 20.2. The van der Waals surface area contributed by atoms with Crippen molar-refractivity contribution in [3.8, 4) is 11.5 Å². The molecule has 0 aromatic heterocycles. The molecule has 2 rings (SSSR count). The number of aliphatic imine (C=N–C) groups is 1. The minimum atomic E-state index is -0.723. The molecule has 0 amide bonds. The van der Waals surface area contributed by atoms with Crippen LogP contribution >= 0.6 is 24.0 Å². The fourth-order valence-electron chi connectivity index (χ4n) is 2.83. The molecule has 0 fully saturated rings. The highest BCUT2D eigenvalue weighted by Crippen LogP contribution is 2.29. The Kier molecular flexibility index (Phi) is 12.1. The molecule has 0 aliphatic heterocycles. The van der Waals surface area contributed by atoms with Crippen molar-refractivity contribution >= 4 is 29.9 Å². The summed E-state index contributed by atoms with van der Waals surface area (Å²) in [6.07, 6.45) is 1.30. The Hall–Kier alpha value is -2.00. The Morgan fingerprint density at radius 2 is 1.76 bits per heavy atom. The van der Waals surface area contributed by atoms with Gasteiger partial charge < -0.3 is 25.2 Å². The van der Waals surface area contributed by atoms with Gasteiger partial charge in [-0.3, -0.25) is 4.99 Å². The first kappa shape index (κ1) is 25.0. The summed E-state index contributed by atoms with van der Waals surface area (Å²) in [6.45, 7) is 3.85. The number of rotatable bonds is 10. The number of methoxy groups -OCH3 is 2. The summed E-state index contributed by atoms with van der Waals surface area (Å²) in [4.78, 5) is 4.50. The lowest BCUT2D eigenvalue weighted by Crippen LogP contribution is -2.38. The second-order valence-electron chi connectivity index (χ2n) is 6.37. The quantitative estimate of drug-likeness (QED) is 0.196. The SMILES string of the molecule is CCNC(=NCC(O)c1ccc(OC)c(OC)c1)NCCCc1ccccc1.I. The number of hydrogen-bond acceptors (Lipinski definition) is 4. The molecule has 160 valence electrons. The van der Waals surface area contributed by atoms with Gasteiger partial charge in [0.05, 0.1) is 26.9 Å². The van der Waals surface area contributed by atoms with Crippen LogP contribution in [0.1, 0.15) is 30.6 Å². The van der Waals surface area contributed by atoms with E-state index in [4.69, 9.17) is 9.47 Å². The van der Waals surface area contributed by atoms with E-state index < -0.39 is 6.10 Å². The monoisotopic (exact) mass is 513 g/mol. The predicted molar refractivity (Wildman–Crippen MR) is 129 cm³/mol. The largest absolute Gasteiger partial charge is 0.493 e. The summed E-state index contributed by atoms with van der Waals surface area (Å²) in [5, 5.41) is 17.0. The summed E-state index contributed by atoms with van der Waals surface area (Å²) in [5.74, 6) is 1.93. The van der Waals surface area contributed by atoms with E-state index in [1.807, 2.05) is 19.1 Å². The third-order valence-corrected chi connectivity index (χ3v) is 4.34. The molecule has 1 unspecified atom stereocenters. The highest BCUT2D eigenvalue weighted by atomic mass is 127. The molecular weight excluding hydrogens is 481 g/mol. The molecule has 0 aliphatic carbocycles. The molecule has 0 spiro atoms. The highest BCUT2D eigenvalue weighted by Gasteiger charge is 2.12. The number of aliphatic hydroxyl groups excluding tert-OH is 1. The second-order valence-corrected chi connectivity index (χ2v) is 6.37. The van der Waals surface area contributed by atoms with Crippen molar-refractivity contribution in [3.63, 3.8) is 0 Å². The van der Waals surface area contributed by atoms with Gasteiger partial charge in [-0.25, -0.2) is 0 Å². The number of hydrogen-bond donors (Lipinski definition) is 3. The Labute approximate surface area is 190 Å². The van der Waals surface area contributed by atoms with E-state index >= 15 is 0 Å². The van der Waals surface area contributed by atoms with Crippen LogP contribution in [0.3, 0.4) is 0 Å². The topological polar surface area (TPSA) is 75.1 Å². The normalized spacial score (nSPS) is 11.9. The molecular formula is C22H32IN3O3. The molecule has 3 N–H and O–H groups in total. The van der Waals surface area contributed by atoms with Crippen molar-refractivity contribution in [2.24, 2.45) is 4.99 Å². The van der Waals surface area contributed by atoms with Gasteiger partial charge in [-0.2, -0.15) is 0 Å². The van der Waals surface area contributed by atoms with Crippen LogP contribution in [0.4, 0.5) is 0 Å². The van der Waals surface area contributed by atoms with E-state index in [1.54, 1.807) is 26.4 Å². The van der Waals surface area contributed by atoms with Gasteiger partial charge >= 0.3 is 0 Å². The number of ether oxygens (including phenoxy) is 2. The van der Waals surface area contributed by atoms with Crippen molar-refractivity contribution < 1.29 is 14.6 Å². The van der Waals surface area contributed by atoms with Gasteiger partial charge in [0.2, 0.25) is 0 Å². The lowest BCUT2D eigenvalue weighted by Gasteiger charge is -2.15. The first-order chi connectivity index (χ1) is 13.7. The van der Waals surface area contributed by atoms with E-state index in [-0.39, 0.29) is 30.5 Å². The average Bonchev–Trinajstić information content (AvgIpc) is 2.74. The van der Waals surface area contributed by atoms with Crippen molar-refractivity contribution in [1.29, 1.82) is 0 Å². The third kappa shape index (κ3) is 8.49. The number of benzene rings is 2. The first-order valence-corrected chi connectivity index (χ1v) is 9.64. The van der Waals surface area contributed by atoms with Crippen LogP contribution in [-0.4, -0.2) is 44.9 Å². The maximum atomic E-state index is 10.5. The van der Waals surface area contributed by atoms with Crippen LogP contribution in [0.2, 0.25) is 0 Å². The first-order valence-electron chi connectivity index (χ1n) is 9.64. The van der Waals surface area contributed by atoms with Crippen LogP contribution < -0.4 is 20.1 Å². The van der Waals surface area contributed by atoms with Gasteiger partial charge in [0.1, 0.15) is 0 Å². The van der Waals surface area contributed by atoms with E-state index in [9.17, 15) is 5.11 Å². The third-order valence-electron chi connectivity index (χ3n) is 4.34. The summed E-state index contributed by atoms with van der Waals surface area (Å²) in [5.41, 5.74) is 2.07. The molecule has 0 saturated carbocycles. The Morgan fingerprint density at radius 3 is 2.41 bits per heavy atom. The standard InChI is InChI=1S/C22H31N3O3.HI/c1-4-23-22(24-14-8-11-17-9-6-5-7-10-17)25-16-19(26)18-12-13-20(27-2)21(15-18)28-3;/h5-7,9-10,12-13,15,19,26H,4,8,11,14,16H2,1-3H3,(H2,23,24,25);1H. The Balaban J connectivity index is 0.00000420. The lowest BCUT2D eigenvalue weighted by molar-refractivity contribution is 0.186. The lowest BCUT2D eigenvalue weighted by atomic mass is 10.1. The number of nitrogens with one attached hydrogen (secondary N) is 2. The van der Waals surface area contributed by atoms with Gasteiger partial charge in [0.15, 0.2) is 17.5 Å². The summed E-state index contributed by atoms with van der Waals surface area (Å²) < 4.78 is 10.5. The minimum absolute atomic E-state index is 0. The minimum Gasteiger partial charge on any atom is -0.493 e. The van der Waals surface area contributed by atoms with Crippen molar-refractivity contribution in [3.05, 3.63) is 59.7 Å². The second kappa shape index (κ2) is 14.1. The molecule has 2 aromatic carbocycles. The van der Waals surface area contributed by atoms with Crippen LogP contribution in [0.15, 0.2) is 53.5 Å². The van der Waals surface area contributed by atoms with Gasteiger partial charge in [-0.15, -0.1) is 24.0 Å². The summed E-state index contributed by atoms with van der Waals surface area (Å²) >= 11 is 0. The van der Waals surface area contributed by atoms with Crippen molar-refractivity contribution in [2.75, 3.05) is 33.9 Å². The van der Waals surface area contributed by atoms with E-state index in [0.29, 0.717) is 17.5 Å². The zero-order valence-corrected chi connectivity index (χ0v) is 19.7. The number of guanidine groups is 1. The maximum Gasteiger partial charge on any atom is 0.191 e. The molecule has 6 nitrogen and oxygen atoms in total. The highest BCUT2D eigenvalue weighted by molar-refractivity contribution is 14.0. The number of halogens is 1. The zero-order valence-electron chi connectivity index (χ0n) is 17.4. The van der Waals surface area contributed by atoms with E-state index in [1.165, 1.54) is 5.56 Å². The average molecular weight is 513 g/mol. The molecule has 0 saturated heterocycles. The number of nitrogens with zero attached hydrogens (tertiary/aromatic N) is 1. The number of aliphatic hydroxyl groups is 1. The molecule has 0 bridgehead atoms. The van der Waals surface area contributed by atoms with Crippen LogP contribution in [-0.2, 0) is 6.42 Å². The smallest absolute Gasteiger partial charge is 0.191 e. The van der Waals surface area contributed by atoms with Crippen molar-refractivity contribution in [1.82, 2.24) is 10.6 Å². The van der Waals surface area contributed by atoms with E-state index in [2.05, 4.69) is 39.9 Å². The summed E-state index contributed by atoms with van der Waals surface area (Å²) in [7, 11) is 3.17. The molecule has 7 heteroatoms. The molecule has 2 aromatic rings. The Morgan fingerprint density at radius 1 is 1.03 bits per heavy atom. The molecule has 0 heterocycles. The van der Waals surface area contributed by atoms with Gasteiger partial charge in [-0.1, -0.05) is 36.4 Å². The summed E-state index contributed by atoms with van der Waals surface area (Å²) in [6, 6.07) is 15.8. The number of aryl methyl sites for hydroxylation is 1. The maximum absolute atomic E-state index is 10.5. The van der Waals surface area contributed by atoms with Crippen molar-refractivity contribution in [2.45, 2.75) is 25.9 Å². The Bertz CT molecular complexity index is 741. The van der Waals surface area contributed by atoms with Gasteiger partial charge in [0, 0.05) is 13.1 Å². The van der Waals surface area contributed by atoms with Gasteiger partial charge in [0.25, 0.3) is 0 Å². The van der Waals surface area contributed by atoms with Gasteiger partial charge in [-0.05, 0) is 43.0 Å². The molecule has 1 atom stereocenters. The van der Waals surface area contributed by atoms with Crippen LogP contribution in [0.5, 0.6) is 11.5 Å². The molecule has 0 aliphatic rings. The van der Waals surface area contributed by atoms with Crippen LogP contribution in [0.25, 0.3) is 0 Å². The van der Waals surface area contributed by atoms with Crippen LogP contribution in [0, 0.1) is 0 Å². The fourth-order valence-corrected chi connectivity index (χ4v) is 2.83. The molecule has 29 heavy (non-hydrogen) atoms.